The van der Waals surface area contributed by atoms with Gasteiger partial charge < -0.3 is 15.4 Å². The van der Waals surface area contributed by atoms with Crippen molar-refractivity contribution in [3.63, 3.8) is 0 Å². The fourth-order valence-corrected chi connectivity index (χ4v) is 5.24. The van der Waals surface area contributed by atoms with Crippen LogP contribution in [0.4, 0.5) is 5.82 Å². The van der Waals surface area contributed by atoms with Crippen LogP contribution in [0, 0.1) is 12.3 Å². The number of anilines is 1. The summed E-state index contributed by atoms with van der Waals surface area (Å²) in [5, 5.41) is 6.36. The Labute approximate surface area is 217 Å². The Hall–Kier alpha value is -4.19. The Balaban J connectivity index is 1.58. The standard InChI is InChI=1S/C31H31N3O3/c1-19-13-14-32-26(15-19)34-30(36)27-20(2)33-24-17-31(3,4)18-25(35)29(24)28(27)21-9-8-12-23(16-21)37-22-10-6-5-7-11-22/h5-16,28,33H,17-18H2,1-4H3,(H,32,34,36)/t28-/m0/s1. The number of ether oxygens (including phenoxy) is 1. The molecular weight excluding hydrogens is 462 g/mol. The van der Waals surface area contributed by atoms with E-state index in [0.717, 1.165) is 34.7 Å². The maximum Gasteiger partial charge on any atom is 0.255 e. The first-order valence-corrected chi connectivity index (χ1v) is 12.5. The molecule has 5 rings (SSSR count). The number of pyridine rings is 1. The normalized spacial score (nSPS) is 18.7. The molecule has 2 N–H and O–H groups in total. The maximum atomic E-state index is 13.7. The van der Waals surface area contributed by atoms with E-state index in [1.54, 1.807) is 6.20 Å². The number of nitrogens with one attached hydrogen (secondary N) is 2. The lowest BCUT2D eigenvalue weighted by atomic mass is 9.68. The fraction of sp³-hybridized carbons (Fsp3) is 0.258. The third-order valence-corrected chi connectivity index (χ3v) is 6.81. The van der Waals surface area contributed by atoms with Gasteiger partial charge >= 0.3 is 0 Å². The van der Waals surface area contributed by atoms with Gasteiger partial charge in [-0.1, -0.05) is 44.2 Å². The summed E-state index contributed by atoms with van der Waals surface area (Å²) in [6.45, 7) is 8.05. The second-order valence-electron chi connectivity index (χ2n) is 10.6. The number of hydrogen-bond donors (Lipinski definition) is 2. The molecule has 1 atom stereocenters. The second-order valence-corrected chi connectivity index (χ2v) is 10.6. The molecule has 2 aliphatic rings. The van der Waals surface area contributed by atoms with E-state index in [1.807, 2.05) is 80.6 Å². The average Bonchev–Trinajstić information content (AvgIpc) is 2.83. The molecule has 2 heterocycles. The molecule has 188 valence electrons. The Morgan fingerprint density at radius 1 is 1.00 bits per heavy atom. The van der Waals surface area contributed by atoms with E-state index < -0.39 is 5.92 Å². The Morgan fingerprint density at radius 3 is 2.51 bits per heavy atom. The van der Waals surface area contributed by atoms with Crippen LogP contribution in [0.2, 0.25) is 0 Å². The van der Waals surface area contributed by atoms with E-state index in [1.165, 1.54) is 0 Å². The monoisotopic (exact) mass is 493 g/mol. The summed E-state index contributed by atoms with van der Waals surface area (Å²) >= 11 is 0. The number of aryl methyl sites for hydroxylation is 1. The Morgan fingerprint density at radius 2 is 1.76 bits per heavy atom. The van der Waals surface area contributed by atoms with Crippen LogP contribution in [0.25, 0.3) is 0 Å². The quantitative estimate of drug-likeness (QED) is 0.428. The molecule has 0 saturated carbocycles. The van der Waals surface area contributed by atoms with E-state index in [9.17, 15) is 9.59 Å². The molecule has 37 heavy (non-hydrogen) atoms. The van der Waals surface area contributed by atoms with E-state index in [0.29, 0.717) is 29.1 Å². The summed E-state index contributed by atoms with van der Waals surface area (Å²) < 4.78 is 6.09. The number of Topliss-reactive ketones (excluding diaryl/α,β-unsaturated/α-hetero) is 1. The van der Waals surface area contributed by atoms with Crippen LogP contribution >= 0.6 is 0 Å². The minimum Gasteiger partial charge on any atom is -0.457 e. The molecule has 2 aromatic carbocycles. The van der Waals surface area contributed by atoms with Gasteiger partial charge in [0.2, 0.25) is 0 Å². The van der Waals surface area contributed by atoms with Crippen LogP contribution in [0.3, 0.4) is 0 Å². The third kappa shape index (κ3) is 5.19. The van der Waals surface area contributed by atoms with Crippen LogP contribution in [0.15, 0.2) is 95.5 Å². The number of para-hydroxylation sites is 1. The predicted octanol–water partition coefficient (Wildman–Crippen LogP) is 6.43. The van der Waals surface area contributed by atoms with Crippen molar-refractivity contribution in [3.05, 3.63) is 107 Å². The van der Waals surface area contributed by atoms with Crippen molar-refractivity contribution in [2.75, 3.05) is 5.32 Å². The molecule has 3 aromatic rings. The van der Waals surface area contributed by atoms with Gasteiger partial charge in [-0.2, -0.15) is 0 Å². The van der Waals surface area contributed by atoms with Crippen molar-refractivity contribution in [1.82, 2.24) is 10.3 Å². The van der Waals surface area contributed by atoms with E-state index in [-0.39, 0.29) is 17.1 Å². The zero-order valence-electron chi connectivity index (χ0n) is 21.6. The van der Waals surface area contributed by atoms with Crippen LogP contribution in [0.1, 0.15) is 50.7 Å². The molecule has 1 aliphatic carbocycles. The lowest BCUT2D eigenvalue weighted by Crippen LogP contribution is -2.39. The first-order valence-electron chi connectivity index (χ1n) is 12.5. The minimum atomic E-state index is -0.524. The number of carbonyl (C=O) groups excluding carboxylic acids is 2. The van der Waals surface area contributed by atoms with Gasteiger partial charge in [0, 0.05) is 41.1 Å². The number of benzene rings is 2. The smallest absolute Gasteiger partial charge is 0.255 e. The number of amides is 1. The highest BCUT2D eigenvalue weighted by molar-refractivity contribution is 6.09. The molecule has 0 spiro atoms. The molecule has 0 radical (unpaired) electrons. The Bertz CT molecular complexity index is 1440. The minimum absolute atomic E-state index is 0.0598. The molecular formula is C31H31N3O3. The van der Waals surface area contributed by atoms with Crippen LogP contribution in [-0.4, -0.2) is 16.7 Å². The van der Waals surface area contributed by atoms with E-state index >= 15 is 0 Å². The SMILES string of the molecule is CC1=C(C(=O)Nc2cc(C)ccn2)[C@H](c2cccc(Oc3ccccc3)c2)C2=C(CC(C)(C)CC2=O)N1. The summed E-state index contributed by atoms with van der Waals surface area (Å²) in [7, 11) is 0. The van der Waals surface area contributed by atoms with Crippen molar-refractivity contribution >= 4 is 17.5 Å². The van der Waals surface area contributed by atoms with Gasteiger partial charge in [0.1, 0.15) is 17.3 Å². The molecule has 1 amide bonds. The van der Waals surface area contributed by atoms with Crippen molar-refractivity contribution in [2.24, 2.45) is 5.41 Å². The second kappa shape index (κ2) is 9.69. The van der Waals surface area contributed by atoms with Gasteiger partial charge in [0.25, 0.3) is 5.91 Å². The molecule has 6 nitrogen and oxygen atoms in total. The number of rotatable bonds is 5. The average molecular weight is 494 g/mol. The molecule has 0 fully saturated rings. The number of aromatic nitrogens is 1. The Kier molecular flexibility index (Phi) is 6.42. The summed E-state index contributed by atoms with van der Waals surface area (Å²) in [5.74, 6) is 1.09. The summed E-state index contributed by atoms with van der Waals surface area (Å²) in [4.78, 5) is 31.6. The summed E-state index contributed by atoms with van der Waals surface area (Å²) in [5.41, 5.74) is 4.46. The van der Waals surface area contributed by atoms with Crippen LogP contribution in [0.5, 0.6) is 11.5 Å². The van der Waals surface area contributed by atoms with Crippen LogP contribution < -0.4 is 15.4 Å². The molecule has 0 unspecified atom stereocenters. The zero-order chi connectivity index (χ0) is 26.2. The third-order valence-electron chi connectivity index (χ3n) is 6.81. The first kappa shape index (κ1) is 24.5. The first-order chi connectivity index (χ1) is 17.7. The lowest BCUT2D eigenvalue weighted by molar-refractivity contribution is -0.118. The van der Waals surface area contributed by atoms with E-state index in [2.05, 4.69) is 29.5 Å². The highest BCUT2D eigenvalue weighted by Gasteiger charge is 2.42. The zero-order valence-corrected chi connectivity index (χ0v) is 21.6. The van der Waals surface area contributed by atoms with Gasteiger partial charge in [-0.05, 0) is 73.2 Å². The van der Waals surface area contributed by atoms with Gasteiger partial charge in [0.05, 0.1) is 0 Å². The predicted molar refractivity (Wildman–Crippen MR) is 144 cm³/mol. The molecule has 1 aliphatic heterocycles. The maximum absolute atomic E-state index is 13.7. The van der Waals surface area contributed by atoms with Crippen molar-refractivity contribution in [1.29, 1.82) is 0 Å². The van der Waals surface area contributed by atoms with Crippen molar-refractivity contribution < 1.29 is 14.3 Å². The molecule has 0 saturated heterocycles. The number of carbonyl (C=O) groups is 2. The number of dihydropyridines is 1. The number of allylic oxidation sites excluding steroid dienone is 3. The highest BCUT2D eigenvalue weighted by atomic mass is 16.5. The largest absolute Gasteiger partial charge is 0.457 e. The summed E-state index contributed by atoms with van der Waals surface area (Å²) in [6, 6.07) is 20.9. The fourth-order valence-electron chi connectivity index (χ4n) is 5.24. The highest BCUT2D eigenvalue weighted by Crippen LogP contribution is 2.47. The topological polar surface area (TPSA) is 80.3 Å². The number of ketones is 1. The van der Waals surface area contributed by atoms with Gasteiger partial charge in [0.15, 0.2) is 5.78 Å². The summed E-state index contributed by atoms with van der Waals surface area (Å²) in [6.07, 6.45) is 2.83. The van der Waals surface area contributed by atoms with Gasteiger partial charge in [-0.15, -0.1) is 0 Å². The molecule has 0 bridgehead atoms. The number of nitrogens with zero attached hydrogens (tertiary/aromatic N) is 1. The lowest BCUT2D eigenvalue weighted by Gasteiger charge is -2.39. The molecule has 1 aromatic heterocycles. The van der Waals surface area contributed by atoms with Crippen molar-refractivity contribution in [3.8, 4) is 11.5 Å². The van der Waals surface area contributed by atoms with Gasteiger partial charge in [-0.25, -0.2) is 4.98 Å². The van der Waals surface area contributed by atoms with Crippen molar-refractivity contribution in [2.45, 2.75) is 46.5 Å². The van der Waals surface area contributed by atoms with E-state index in [4.69, 9.17) is 4.74 Å². The van der Waals surface area contributed by atoms with Crippen LogP contribution in [-0.2, 0) is 9.59 Å². The van der Waals surface area contributed by atoms with Gasteiger partial charge in [-0.3, -0.25) is 9.59 Å². The number of hydrogen-bond acceptors (Lipinski definition) is 5. The molecule has 6 heteroatoms.